The highest BCUT2D eigenvalue weighted by molar-refractivity contribution is 5.71. The highest BCUT2D eigenvalue weighted by atomic mass is 16.5. The second-order valence-corrected chi connectivity index (χ2v) is 4.37. The largest absolute Gasteiger partial charge is 0.508 e. The summed E-state index contributed by atoms with van der Waals surface area (Å²) in [7, 11) is 0. The van der Waals surface area contributed by atoms with E-state index in [1.807, 2.05) is 0 Å². The number of aliphatic carboxylic acids is 1. The molecule has 0 spiro atoms. The van der Waals surface area contributed by atoms with Gasteiger partial charge in [-0.05, 0) is 35.4 Å². The van der Waals surface area contributed by atoms with Gasteiger partial charge in [-0.25, -0.2) is 4.79 Å². The first-order chi connectivity index (χ1) is 10.0. The SMILES string of the molecule is O=C(O)COc1ccc(C=Cc2cc(O)cc(O)c2)cc1. The third-order valence-corrected chi connectivity index (χ3v) is 2.64. The van der Waals surface area contributed by atoms with Crippen LogP contribution in [0.5, 0.6) is 17.2 Å². The Balaban J connectivity index is 2.05. The first-order valence-electron chi connectivity index (χ1n) is 6.19. The topological polar surface area (TPSA) is 87.0 Å². The van der Waals surface area contributed by atoms with Crippen molar-refractivity contribution in [3.05, 3.63) is 53.6 Å². The maximum atomic E-state index is 10.4. The fraction of sp³-hybridized carbons (Fsp3) is 0.0625. The molecule has 108 valence electrons. The molecule has 2 aromatic rings. The molecule has 3 N–H and O–H groups in total. The van der Waals surface area contributed by atoms with Gasteiger partial charge in [-0.2, -0.15) is 0 Å². The van der Waals surface area contributed by atoms with Crippen molar-refractivity contribution < 1.29 is 24.9 Å². The molecule has 2 rings (SSSR count). The Morgan fingerprint density at radius 3 is 2.10 bits per heavy atom. The Morgan fingerprint density at radius 2 is 1.52 bits per heavy atom. The molecule has 21 heavy (non-hydrogen) atoms. The molecule has 0 bridgehead atoms. The van der Waals surface area contributed by atoms with Crippen LogP contribution in [0.25, 0.3) is 12.2 Å². The van der Waals surface area contributed by atoms with E-state index in [0.29, 0.717) is 11.3 Å². The third-order valence-electron chi connectivity index (χ3n) is 2.64. The predicted octanol–water partition coefficient (Wildman–Crippen LogP) is 2.73. The van der Waals surface area contributed by atoms with E-state index in [9.17, 15) is 15.0 Å². The lowest BCUT2D eigenvalue weighted by Gasteiger charge is -2.03. The van der Waals surface area contributed by atoms with Gasteiger partial charge in [0.2, 0.25) is 0 Å². The van der Waals surface area contributed by atoms with Crippen molar-refractivity contribution in [1.82, 2.24) is 0 Å². The number of carboxylic acids is 1. The van der Waals surface area contributed by atoms with E-state index in [-0.39, 0.29) is 18.1 Å². The molecule has 0 heterocycles. The summed E-state index contributed by atoms with van der Waals surface area (Å²) in [5.74, 6) is -0.564. The highest BCUT2D eigenvalue weighted by Crippen LogP contribution is 2.22. The molecule has 0 aliphatic carbocycles. The predicted molar refractivity (Wildman–Crippen MR) is 78.3 cm³/mol. The summed E-state index contributed by atoms with van der Waals surface area (Å²) < 4.78 is 5.03. The fourth-order valence-electron chi connectivity index (χ4n) is 1.73. The molecule has 5 nitrogen and oxygen atoms in total. The van der Waals surface area contributed by atoms with Crippen LogP contribution in [0.15, 0.2) is 42.5 Å². The quantitative estimate of drug-likeness (QED) is 0.736. The van der Waals surface area contributed by atoms with Crippen LogP contribution < -0.4 is 4.74 Å². The van der Waals surface area contributed by atoms with Crippen molar-refractivity contribution in [1.29, 1.82) is 0 Å². The fourth-order valence-corrected chi connectivity index (χ4v) is 1.73. The molecule has 0 radical (unpaired) electrons. The second-order valence-electron chi connectivity index (χ2n) is 4.37. The van der Waals surface area contributed by atoms with Crippen LogP contribution in [0.3, 0.4) is 0 Å². The first-order valence-corrected chi connectivity index (χ1v) is 6.19. The van der Waals surface area contributed by atoms with Gasteiger partial charge in [0, 0.05) is 6.07 Å². The Kier molecular flexibility index (Phi) is 4.46. The van der Waals surface area contributed by atoms with Gasteiger partial charge < -0.3 is 20.1 Å². The van der Waals surface area contributed by atoms with Crippen LogP contribution in [0.1, 0.15) is 11.1 Å². The minimum Gasteiger partial charge on any atom is -0.508 e. The van der Waals surface area contributed by atoms with Crippen LogP contribution in [0, 0.1) is 0 Å². The number of carbonyl (C=O) groups is 1. The normalized spacial score (nSPS) is 10.7. The van der Waals surface area contributed by atoms with Crippen molar-refractivity contribution in [3.8, 4) is 17.2 Å². The molecular formula is C16H14O5. The summed E-state index contributed by atoms with van der Waals surface area (Å²) in [6.45, 7) is -0.377. The molecule has 0 aromatic heterocycles. The third kappa shape index (κ3) is 4.58. The summed E-state index contributed by atoms with van der Waals surface area (Å²) in [5, 5.41) is 27.3. The standard InChI is InChI=1S/C16H14O5/c17-13-7-12(8-14(18)9-13)2-1-11-3-5-15(6-4-11)21-10-16(19)20/h1-9,17-18H,10H2,(H,19,20). The van der Waals surface area contributed by atoms with Gasteiger partial charge in [-0.3, -0.25) is 0 Å². The zero-order valence-electron chi connectivity index (χ0n) is 11.1. The number of phenols is 2. The number of ether oxygens (including phenoxy) is 1. The number of rotatable bonds is 5. The number of hydrogen-bond donors (Lipinski definition) is 3. The van der Waals surface area contributed by atoms with Gasteiger partial charge >= 0.3 is 5.97 Å². The van der Waals surface area contributed by atoms with Gasteiger partial charge in [0.05, 0.1) is 0 Å². The smallest absolute Gasteiger partial charge is 0.341 e. The molecule has 0 unspecified atom stereocenters. The number of aromatic hydroxyl groups is 2. The van der Waals surface area contributed by atoms with Gasteiger partial charge in [0.25, 0.3) is 0 Å². The molecule has 2 aromatic carbocycles. The van der Waals surface area contributed by atoms with Crippen molar-refractivity contribution in [2.75, 3.05) is 6.61 Å². The Hall–Kier alpha value is -2.95. The van der Waals surface area contributed by atoms with Gasteiger partial charge in [0.1, 0.15) is 17.2 Å². The first kappa shape index (κ1) is 14.5. The Bertz CT molecular complexity index is 639. The maximum absolute atomic E-state index is 10.4. The number of hydrogen-bond acceptors (Lipinski definition) is 4. The van der Waals surface area contributed by atoms with E-state index in [1.54, 1.807) is 36.4 Å². The molecule has 5 heteroatoms. The molecule has 0 fully saturated rings. The van der Waals surface area contributed by atoms with E-state index in [0.717, 1.165) is 5.56 Å². The van der Waals surface area contributed by atoms with E-state index in [1.165, 1.54) is 18.2 Å². The number of phenolic OH excluding ortho intramolecular Hbond substituents is 2. The second kappa shape index (κ2) is 6.47. The van der Waals surface area contributed by atoms with Crippen LogP contribution in [0.4, 0.5) is 0 Å². The van der Waals surface area contributed by atoms with Crippen molar-refractivity contribution in [2.24, 2.45) is 0 Å². The molecule has 0 atom stereocenters. The van der Waals surface area contributed by atoms with E-state index in [2.05, 4.69) is 0 Å². The lowest BCUT2D eigenvalue weighted by atomic mass is 10.1. The minimum absolute atomic E-state index is 0.00734. The van der Waals surface area contributed by atoms with Gasteiger partial charge in [-0.15, -0.1) is 0 Å². The molecule has 0 aliphatic heterocycles. The molecular weight excluding hydrogens is 272 g/mol. The molecule has 0 aliphatic rings. The molecule has 0 saturated carbocycles. The van der Waals surface area contributed by atoms with Crippen molar-refractivity contribution in [2.45, 2.75) is 0 Å². The average molecular weight is 286 g/mol. The highest BCUT2D eigenvalue weighted by Gasteiger charge is 1.99. The van der Waals surface area contributed by atoms with E-state index >= 15 is 0 Å². The van der Waals surface area contributed by atoms with Crippen LogP contribution >= 0.6 is 0 Å². The van der Waals surface area contributed by atoms with Crippen LogP contribution in [-0.2, 0) is 4.79 Å². The number of benzene rings is 2. The summed E-state index contributed by atoms with van der Waals surface area (Å²) in [5.41, 5.74) is 1.54. The number of carboxylic acid groups (broad SMARTS) is 1. The lowest BCUT2D eigenvalue weighted by Crippen LogP contribution is -2.09. The van der Waals surface area contributed by atoms with Gasteiger partial charge in [0.15, 0.2) is 6.61 Å². The lowest BCUT2D eigenvalue weighted by molar-refractivity contribution is -0.139. The van der Waals surface area contributed by atoms with Crippen LogP contribution in [-0.4, -0.2) is 27.9 Å². The average Bonchev–Trinajstić information content (AvgIpc) is 2.43. The minimum atomic E-state index is -1.03. The van der Waals surface area contributed by atoms with E-state index < -0.39 is 5.97 Å². The van der Waals surface area contributed by atoms with Crippen LogP contribution in [0.2, 0.25) is 0 Å². The van der Waals surface area contributed by atoms with E-state index in [4.69, 9.17) is 9.84 Å². The Labute approximate surface area is 121 Å². The van der Waals surface area contributed by atoms with Crippen molar-refractivity contribution >= 4 is 18.1 Å². The summed E-state index contributed by atoms with van der Waals surface area (Å²) >= 11 is 0. The molecule has 0 saturated heterocycles. The summed E-state index contributed by atoms with van der Waals surface area (Å²) in [4.78, 5) is 10.4. The summed E-state index contributed by atoms with van der Waals surface area (Å²) in [6.07, 6.45) is 3.54. The maximum Gasteiger partial charge on any atom is 0.341 e. The zero-order chi connectivity index (χ0) is 15.2. The molecule has 0 amide bonds. The van der Waals surface area contributed by atoms with Crippen molar-refractivity contribution in [3.63, 3.8) is 0 Å². The zero-order valence-corrected chi connectivity index (χ0v) is 11.1. The monoisotopic (exact) mass is 286 g/mol. The summed E-state index contributed by atoms with van der Waals surface area (Å²) in [6, 6.07) is 11.2. The Morgan fingerprint density at radius 1 is 0.952 bits per heavy atom. The van der Waals surface area contributed by atoms with Gasteiger partial charge in [-0.1, -0.05) is 24.3 Å².